The van der Waals surface area contributed by atoms with E-state index in [1.807, 2.05) is 13.1 Å². The lowest BCUT2D eigenvalue weighted by Crippen LogP contribution is -2.24. The molecular weight excluding hydrogens is 262 g/mol. The Labute approximate surface area is 125 Å². The van der Waals surface area contributed by atoms with E-state index in [1.165, 1.54) is 11.1 Å². The molecule has 2 aromatic rings. The summed E-state index contributed by atoms with van der Waals surface area (Å²) in [5, 5.41) is 3.41. The minimum atomic E-state index is -0.0775. The van der Waals surface area contributed by atoms with Crippen LogP contribution in [0.15, 0.2) is 30.6 Å². The van der Waals surface area contributed by atoms with E-state index in [9.17, 15) is 0 Å². The predicted octanol–water partition coefficient (Wildman–Crippen LogP) is 2.79. The Hall–Kier alpha value is -1.94. The molecule has 0 saturated carbocycles. The van der Waals surface area contributed by atoms with Gasteiger partial charge in [0.05, 0.1) is 11.4 Å². The molecule has 1 aromatic heterocycles. The molecule has 0 fully saturated rings. The number of hydrogen-bond donors (Lipinski definition) is 1. The van der Waals surface area contributed by atoms with Crippen LogP contribution in [0.5, 0.6) is 5.75 Å². The summed E-state index contributed by atoms with van der Waals surface area (Å²) in [4.78, 5) is 8.59. The second kappa shape index (κ2) is 5.45. The van der Waals surface area contributed by atoms with E-state index in [0.717, 1.165) is 36.6 Å². The molecule has 0 bridgehead atoms. The molecule has 0 amide bonds. The Morgan fingerprint density at radius 2 is 2.05 bits per heavy atom. The van der Waals surface area contributed by atoms with Crippen molar-refractivity contribution < 1.29 is 4.74 Å². The molecule has 0 radical (unpaired) electrons. The van der Waals surface area contributed by atoms with Crippen molar-refractivity contribution in [1.82, 2.24) is 15.3 Å². The third-order valence-corrected chi connectivity index (χ3v) is 3.60. The Balaban J connectivity index is 1.58. The summed E-state index contributed by atoms with van der Waals surface area (Å²) in [6, 6.07) is 6.43. The van der Waals surface area contributed by atoms with Crippen LogP contribution in [0.25, 0.3) is 0 Å². The number of nitrogens with zero attached hydrogens (tertiary/aromatic N) is 2. The lowest BCUT2D eigenvalue weighted by molar-refractivity contribution is 0.138. The molecule has 4 nitrogen and oxygen atoms in total. The molecule has 2 heterocycles. The van der Waals surface area contributed by atoms with Crippen molar-refractivity contribution in [3.63, 3.8) is 0 Å². The summed E-state index contributed by atoms with van der Waals surface area (Å²) in [5.74, 6) is 1.02. The van der Waals surface area contributed by atoms with Gasteiger partial charge in [0.25, 0.3) is 0 Å². The summed E-state index contributed by atoms with van der Waals surface area (Å²) in [5.41, 5.74) is 4.40. The molecule has 0 atom stereocenters. The quantitative estimate of drug-likeness (QED) is 0.937. The van der Waals surface area contributed by atoms with Gasteiger partial charge in [-0.15, -0.1) is 0 Å². The van der Waals surface area contributed by atoms with Gasteiger partial charge in [-0.05, 0) is 38.0 Å². The van der Waals surface area contributed by atoms with Crippen molar-refractivity contribution in [1.29, 1.82) is 0 Å². The molecule has 4 heteroatoms. The van der Waals surface area contributed by atoms with E-state index < -0.39 is 0 Å². The first kappa shape index (κ1) is 14.0. The highest BCUT2D eigenvalue weighted by molar-refractivity contribution is 5.41. The molecule has 1 aromatic carbocycles. The van der Waals surface area contributed by atoms with Gasteiger partial charge in [0.15, 0.2) is 0 Å². The first-order chi connectivity index (χ1) is 10.0. The Kier molecular flexibility index (Phi) is 3.64. The smallest absolute Gasteiger partial charge is 0.123 e. The summed E-state index contributed by atoms with van der Waals surface area (Å²) < 4.78 is 5.90. The molecule has 21 heavy (non-hydrogen) atoms. The lowest BCUT2D eigenvalue weighted by atomic mass is 10.0. The van der Waals surface area contributed by atoms with Gasteiger partial charge in [0, 0.05) is 31.9 Å². The van der Waals surface area contributed by atoms with Crippen LogP contribution in [0.3, 0.4) is 0 Å². The van der Waals surface area contributed by atoms with E-state index in [1.54, 1.807) is 6.20 Å². The van der Waals surface area contributed by atoms with Gasteiger partial charge in [-0.25, -0.2) is 0 Å². The normalized spacial score (nSPS) is 15.6. The van der Waals surface area contributed by atoms with Gasteiger partial charge in [-0.1, -0.05) is 12.1 Å². The van der Waals surface area contributed by atoms with Crippen LogP contribution in [0.2, 0.25) is 0 Å². The SMILES string of the molecule is Cc1cnc(CNCc2ccc3c(c2)CC(C)(C)O3)cn1. The third kappa shape index (κ3) is 3.39. The Bertz CT molecular complexity index is 635. The average Bonchev–Trinajstić information content (AvgIpc) is 2.74. The fourth-order valence-electron chi connectivity index (χ4n) is 2.62. The van der Waals surface area contributed by atoms with Crippen LogP contribution in [0, 0.1) is 6.92 Å². The van der Waals surface area contributed by atoms with Gasteiger partial charge < -0.3 is 10.1 Å². The average molecular weight is 283 g/mol. The predicted molar refractivity (Wildman–Crippen MR) is 82.2 cm³/mol. The molecule has 0 saturated heterocycles. The van der Waals surface area contributed by atoms with Crippen LogP contribution in [0.4, 0.5) is 0 Å². The van der Waals surface area contributed by atoms with Crippen molar-refractivity contribution in [2.45, 2.75) is 45.9 Å². The number of aromatic nitrogens is 2. The number of fused-ring (bicyclic) bond motifs is 1. The molecular formula is C17H21N3O. The second-order valence-electron chi connectivity index (χ2n) is 6.23. The van der Waals surface area contributed by atoms with Gasteiger partial charge in [0.1, 0.15) is 11.4 Å². The summed E-state index contributed by atoms with van der Waals surface area (Å²) >= 11 is 0. The van der Waals surface area contributed by atoms with Crippen LogP contribution >= 0.6 is 0 Å². The highest BCUT2D eigenvalue weighted by Gasteiger charge is 2.29. The van der Waals surface area contributed by atoms with Gasteiger partial charge in [-0.3, -0.25) is 9.97 Å². The van der Waals surface area contributed by atoms with E-state index in [4.69, 9.17) is 4.74 Å². The maximum Gasteiger partial charge on any atom is 0.123 e. The van der Waals surface area contributed by atoms with E-state index in [-0.39, 0.29) is 5.60 Å². The Morgan fingerprint density at radius 1 is 1.19 bits per heavy atom. The van der Waals surface area contributed by atoms with Crippen LogP contribution in [0.1, 0.15) is 36.4 Å². The number of rotatable bonds is 4. The van der Waals surface area contributed by atoms with Crippen LogP contribution < -0.4 is 10.1 Å². The third-order valence-electron chi connectivity index (χ3n) is 3.60. The summed E-state index contributed by atoms with van der Waals surface area (Å²) in [6.45, 7) is 7.75. The Morgan fingerprint density at radius 3 is 2.81 bits per heavy atom. The topological polar surface area (TPSA) is 47.0 Å². The number of aryl methyl sites for hydroxylation is 1. The highest BCUT2D eigenvalue weighted by atomic mass is 16.5. The maximum absolute atomic E-state index is 5.90. The second-order valence-corrected chi connectivity index (χ2v) is 6.23. The van der Waals surface area contributed by atoms with Gasteiger partial charge in [0.2, 0.25) is 0 Å². The summed E-state index contributed by atoms with van der Waals surface area (Å²) in [6.07, 6.45) is 4.59. The molecule has 0 aliphatic carbocycles. The van der Waals surface area contributed by atoms with Crippen molar-refractivity contribution in [3.05, 3.63) is 53.1 Å². The lowest BCUT2D eigenvalue weighted by Gasteiger charge is -2.16. The number of ether oxygens (including phenoxy) is 1. The number of benzene rings is 1. The first-order valence-corrected chi connectivity index (χ1v) is 7.31. The molecule has 0 spiro atoms. The molecule has 3 rings (SSSR count). The van der Waals surface area contributed by atoms with Gasteiger partial charge in [-0.2, -0.15) is 0 Å². The molecule has 110 valence electrons. The fraction of sp³-hybridized carbons (Fsp3) is 0.412. The maximum atomic E-state index is 5.90. The monoisotopic (exact) mass is 283 g/mol. The van der Waals surface area contributed by atoms with Crippen molar-refractivity contribution in [3.8, 4) is 5.75 Å². The van der Waals surface area contributed by atoms with E-state index in [0.29, 0.717) is 0 Å². The molecule has 1 aliphatic rings. The zero-order chi connectivity index (χ0) is 14.9. The molecule has 1 aliphatic heterocycles. The largest absolute Gasteiger partial charge is 0.487 e. The number of hydrogen-bond acceptors (Lipinski definition) is 4. The zero-order valence-electron chi connectivity index (χ0n) is 12.8. The molecule has 0 unspecified atom stereocenters. The van der Waals surface area contributed by atoms with E-state index >= 15 is 0 Å². The minimum Gasteiger partial charge on any atom is -0.487 e. The van der Waals surface area contributed by atoms with Crippen LogP contribution in [-0.4, -0.2) is 15.6 Å². The van der Waals surface area contributed by atoms with Crippen LogP contribution in [-0.2, 0) is 19.5 Å². The highest BCUT2D eigenvalue weighted by Crippen LogP contribution is 2.35. The summed E-state index contributed by atoms with van der Waals surface area (Å²) in [7, 11) is 0. The fourth-order valence-corrected chi connectivity index (χ4v) is 2.62. The number of nitrogens with one attached hydrogen (secondary N) is 1. The van der Waals surface area contributed by atoms with Crippen molar-refractivity contribution in [2.24, 2.45) is 0 Å². The standard InChI is InChI=1S/C17H21N3O/c1-12-8-20-15(11-19-12)10-18-9-13-4-5-16-14(6-13)7-17(2,3)21-16/h4-6,8,11,18H,7,9-10H2,1-3H3. The van der Waals surface area contributed by atoms with Crippen molar-refractivity contribution >= 4 is 0 Å². The molecule has 1 N–H and O–H groups in total. The van der Waals surface area contributed by atoms with Crippen molar-refractivity contribution in [2.75, 3.05) is 0 Å². The first-order valence-electron chi connectivity index (χ1n) is 7.31. The van der Waals surface area contributed by atoms with Gasteiger partial charge >= 0.3 is 0 Å². The van der Waals surface area contributed by atoms with E-state index in [2.05, 4.69) is 47.3 Å². The zero-order valence-corrected chi connectivity index (χ0v) is 12.8. The minimum absolute atomic E-state index is 0.0775.